The lowest BCUT2D eigenvalue weighted by Crippen LogP contribution is -2.33. The first-order chi connectivity index (χ1) is 7.86. The third-order valence-corrected chi connectivity index (χ3v) is 2.68. The molecule has 6 heteroatoms. The van der Waals surface area contributed by atoms with E-state index in [0.29, 0.717) is 24.5 Å². The van der Waals surface area contributed by atoms with Crippen LogP contribution in [-0.4, -0.2) is 27.6 Å². The van der Waals surface area contributed by atoms with Crippen LogP contribution in [0.3, 0.4) is 0 Å². The Balaban J connectivity index is 1.85. The minimum absolute atomic E-state index is 0.349. The van der Waals surface area contributed by atoms with Crippen molar-refractivity contribution in [2.24, 2.45) is 0 Å². The number of aromatic nitrogens is 3. The predicted octanol–water partition coefficient (Wildman–Crippen LogP) is 0.704. The Hall–Kier alpha value is -2.11. The molecule has 2 aromatic heterocycles. The fraction of sp³-hybridized carbons (Fsp3) is 0.300. The molecule has 1 aliphatic heterocycles. The maximum atomic E-state index is 10.5. The van der Waals surface area contributed by atoms with Crippen LogP contribution in [0.5, 0.6) is 0 Å². The molecule has 0 aromatic carbocycles. The summed E-state index contributed by atoms with van der Waals surface area (Å²) in [6.45, 7) is 2.32. The normalized spacial score (nSPS) is 14.9. The Kier molecular flexibility index (Phi) is 1.99. The predicted molar refractivity (Wildman–Crippen MR) is 55.2 cm³/mol. The van der Waals surface area contributed by atoms with Gasteiger partial charge in [0.15, 0.2) is 23.8 Å². The van der Waals surface area contributed by atoms with Crippen molar-refractivity contribution in [1.82, 2.24) is 14.8 Å². The Morgan fingerprint density at radius 2 is 2.31 bits per heavy atom. The molecule has 0 bridgehead atoms. The molecule has 0 atom stereocenters. The number of carbonyl (C=O) groups excluding carboxylic acids is 1. The van der Waals surface area contributed by atoms with E-state index in [2.05, 4.69) is 10.2 Å². The Bertz CT molecular complexity index is 516. The van der Waals surface area contributed by atoms with Gasteiger partial charge in [0.1, 0.15) is 6.33 Å². The van der Waals surface area contributed by atoms with Crippen LogP contribution in [0.2, 0.25) is 0 Å². The number of furan rings is 1. The SMILES string of the molecule is O=Cc1ccc(N2CCn3cnnc3C2)o1. The molecule has 0 saturated carbocycles. The van der Waals surface area contributed by atoms with Crippen LogP contribution in [0.1, 0.15) is 16.4 Å². The van der Waals surface area contributed by atoms with Gasteiger partial charge in [0.05, 0.1) is 6.54 Å². The van der Waals surface area contributed by atoms with E-state index in [0.717, 1.165) is 18.9 Å². The van der Waals surface area contributed by atoms with E-state index in [1.165, 1.54) is 0 Å². The largest absolute Gasteiger partial charge is 0.438 e. The van der Waals surface area contributed by atoms with Crippen molar-refractivity contribution in [3.63, 3.8) is 0 Å². The van der Waals surface area contributed by atoms with E-state index in [1.54, 1.807) is 18.5 Å². The van der Waals surface area contributed by atoms with Gasteiger partial charge in [-0.3, -0.25) is 4.79 Å². The molecule has 3 heterocycles. The topological polar surface area (TPSA) is 64.2 Å². The third kappa shape index (κ3) is 1.39. The average Bonchev–Trinajstić information content (AvgIpc) is 2.96. The van der Waals surface area contributed by atoms with Crippen LogP contribution >= 0.6 is 0 Å². The molecule has 16 heavy (non-hydrogen) atoms. The van der Waals surface area contributed by atoms with Gasteiger partial charge in [0.2, 0.25) is 0 Å². The minimum atomic E-state index is 0.349. The molecule has 0 aliphatic carbocycles. The summed E-state index contributed by atoms with van der Waals surface area (Å²) in [7, 11) is 0. The van der Waals surface area contributed by atoms with Crippen molar-refractivity contribution in [2.45, 2.75) is 13.1 Å². The maximum Gasteiger partial charge on any atom is 0.196 e. The quantitative estimate of drug-likeness (QED) is 0.694. The van der Waals surface area contributed by atoms with Gasteiger partial charge in [0.25, 0.3) is 0 Å². The smallest absolute Gasteiger partial charge is 0.196 e. The lowest BCUT2D eigenvalue weighted by molar-refractivity contribution is 0.110. The molecule has 0 spiro atoms. The molecule has 0 saturated heterocycles. The highest BCUT2D eigenvalue weighted by Crippen LogP contribution is 2.21. The number of fused-ring (bicyclic) bond motifs is 1. The third-order valence-electron chi connectivity index (χ3n) is 2.68. The van der Waals surface area contributed by atoms with E-state index in [-0.39, 0.29) is 0 Å². The molecule has 1 aliphatic rings. The number of rotatable bonds is 2. The van der Waals surface area contributed by atoms with Crippen LogP contribution in [0.25, 0.3) is 0 Å². The van der Waals surface area contributed by atoms with Gasteiger partial charge in [-0.2, -0.15) is 0 Å². The van der Waals surface area contributed by atoms with Crippen molar-refractivity contribution in [3.8, 4) is 0 Å². The first-order valence-electron chi connectivity index (χ1n) is 5.03. The highest BCUT2D eigenvalue weighted by atomic mass is 16.4. The summed E-state index contributed by atoms with van der Waals surface area (Å²) in [5, 5.41) is 7.87. The van der Waals surface area contributed by atoms with Gasteiger partial charge in [-0.25, -0.2) is 0 Å². The number of anilines is 1. The second kappa shape index (κ2) is 3.48. The van der Waals surface area contributed by atoms with Crippen LogP contribution < -0.4 is 4.90 Å². The lowest BCUT2D eigenvalue weighted by Gasteiger charge is -2.26. The summed E-state index contributed by atoms with van der Waals surface area (Å²) in [4.78, 5) is 12.6. The first-order valence-corrected chi connectivity index (χ1v) is 5.03. The van der Waals surface area contributed by atoms with E-state index in [1.807, 2.05) is 9.47 Å². The number of hydrogen-bond acceptors (Lipinski definition) is 5. The molecule has 6 nitrogen and oxygen atoms in total. The summed E-state index contributed by atoms with van der Waals surface area (Å²) < 4.78 is 7.38. The average molecular weight is 218 g/mol. The molecular weight excluding hydrogens is 208 g/mol. The Morgan fingerprint density at radius 3 is 3.12 bits per heavy atom. The summed E-state index contributed by atoms with van der Waals surface area (Å²) in [6, 6.07) is 3.47. The monoisotopic (exact) mass is 218 g/mol. The minimum Gasteiger partial charge on any atom is -0.438 e. The number of aldehydes is 1. The number of hydrogen-bond donors (Lipinski definition) is 0. The standard InChI is InChI=1S/C10H10N4O2/c15-6-8-1-2-10(16-8)13-3-4-14-7-11-12-9(14)5-13/h1-2,6-7H,3-5H2. The first kappa shape index (κ1) is 9.14. The summed E-state index contributed by atoms with van der Waals surface area (Å²) >= 11 is 0. The van der Waals surface area contributed by atoms with Crippen molar-refractivity contribution in [1.29, 1.82) is 0 Å². The zero-order valence-electron chi connectivity index (χ0n) is 8.54. The number of nitrogens with zero attached hydrogens (tertiary/aromatic N) is 4. The molecule has 0 amide bonds. The fourth-order valence-corrected chi connectivity index (χ4v) is 1.83. The van der Waals surface area contributed by atoms with E-state index in [4.69, 9.17) is 4.42 Å². The number of carbonyl (C=O) groups is 1. The Morgan fingerprint density at radius 1 is 1.38 bits per heavy atom. The second-order valence-corrected chi connectivity index (χ2v) is 3.66. The lowest BCUT2D eigenvalue weighted by atomic mass is 10.3. The van der Waals surface area contributed by atoms with Crippen LogP contribution in [0.4, 0.5) is 5.88 Å². The van der Waals surface area contributed by atoms with Crippen molar-refractivity contribution in [2.75, 3.05) is 11.4 Å². The van der Waals surface area contributed by atoms with Gasteiger partial charge in [-0.15, -0.1) is 10.2 Å². The summed E-state index contributed by atoms with van der Waals surface area (Å²) in [5.74, 6) is 1.97. The highest BCUT2D eigenvalue weighted by molar-refractivity contribution is 5.71. The van der Waals surface area contributed by atoms with Gasteiger partial charge < -0.3 is 13.9 Å². The van der Waals surface area contributed by atoms with Crippen molar-refractivity contribution >= 4 is 12.2 Å². The zero-order chi connectivity index (χ0) is 11.0. The van der Waals surface area contributed by atoms with E-state index < -0.39 is 0 Å². The van der Waals surface area contributed by atoms with E-state index in [9.17, 15) is 4.79 Å². The second-order valence-electron chi connectivity index (χ2n) is 3.66. The molecule has 2 aromatic rings. The van der Waals surface area contributed by atoms with Gasteiger partial charge >= 0.3 is 0 Å². The van der Waals surface area contributed by atoms with Crippen molar-refractivity contribution in [3.05, 3.63) is 30.0 Å². The summed E-state index contributed by atoms with van der Waals surface area (Å²) in [5.41, 5.74) is 0. The van der Waals surface area contributed by atoms with Crippen LogP contribution in [0, 0.1) is 0 Å². The Labute approximate surface area is 91.5 Å². The van der Waals surface area contributed by atoms with E-state index >= 15 is 0 Å². The zero-order valence-corrected chi connectivity index (χ0v) is 8.54. The molecule has 3 rings (SSSR count). The van der Waals surface area contributed by atoms with Crippen molar-refractivity contribution < 1.29 is 9.21 Å². The van der Waals surface area contributed by atoms with Gasteiger partial charge in [0, 0.05) is 19.2 Å². The van der Waals surface area contributed by atoms with Crippen LogP contribution in [0.15, 0.2) is 22.9 Å². The molecule has 0 N–H and O–H groups in total. The van der Waals surface area contributed by atoms with Gasteiger partial charge in [-0.05, 0) is 6.07 Å². The van der Waals surface area contributed by atoms with Crippen LogP contribution in [-0.2, 0) is 13.1 Å². The molecular formula is C10H10N4O2. The molecule has 0 fully saturated rings. The molecule has 0 radical (unpaired) electrons. The fourth-order valence-electron chi connectivity index (χ4n) is 1.83. The highest BCUT2D eigenvalue weighted by Gasteiger charge is 2.19. The maximum absolute atomic E-state index is 10.5. The summed E-state index contributed by atoms with van der Waals surface area (Å²) in [6.07, 6.45) is 2.43. The van der Waals surface area contributed by atoms with Gasteiger partial charge in [-0.1, -0.05) is 0 Å². The molecule has 0 unspecified atom stereocenters. The molecule has 82 valence electrons.